The molecule has 2 aromatic rings. The van der Waals surface area contributed by atoms with Crippen LogP contribution in [-0.4, -0.2) is 6.04 Å². The second-order valence-electron chi connectivity index (χ2n) is 5.04. The second-order valence-corrected chi connectivity index (χ2v) is 5.86. The summed E-state index contributed by atoms with van der Waals surface area (Å²) in [5, 5.41) is 1.41. The van der Waals surface area contributed by atoms with E-state index in [2.05, 4.69) is 24.3 Å². The fourth-order valence-electron chi connectivity index (χ4n) is 2.30. The summed E-state index contributed by atoms with van der Waals surface area (Å²) in [5.41, 5.74) is 8.51. The third kappa shape index (κ3) is 4.52. The minimum absolute atomic E-state index is 0.0936. The molecule has 1 atom stereocenters. The zero-order valence-corrected chi connectivity index (χ0v) is 12.9. The van der Waals surface area contributed by atoms with E-state index in [1.54, 1.807) is 0 Å². The van der Waals surface area contributed by atoms with E-state index in [1.807, 2.05) is 24.3 Å². The molecule has 0 heterocycles. The van der Waals surface area contributed by atoms with Crippen LogP contribution in [0.3, 0.4) is 0 Å². The first kappa shape index (κ1) is 15.4. The highest BCUT2D eigenvalue weighted by Gasteiger charge is 2.10. The van der Waals surface area contributed by atoms with Gasteiger partial charge in [0.25, 0.3) is 0 Å². The summed E-state index contributed by atoms with van der Waals surface area (Å²) in [6, 6.07) is 16.1. The maximum Gasteiger partial charge on any atom is 0.0453 e. The molecule has 0 radical (unpaired) electrons. The Morgan fingerprint density at radius 1 is 0.900 bits per heavy atom. The monoisotopic (exact) mass is 307 g/mol. The normalized spacial score (nSPS) is 12.3. The van der Waals surface area contributed by atoms with Crippen LogP contribution in [0.4, 0.5) is 0 Å². The summed E-state index contributed by atoms with van der Waals surface area (Å²) in [6.07, 6.45) is 3.84. The summed E-state index contributed by atoms with van der Waals surface area (Å²) in [4.78, 5) is 0. The van der Waals surface area contributed by atoms with Crippen molar-refractivity contribution in [2.24, 2.45) is 5.73 Å². The van der Waals surface area contributed by atoms with E-state index in [0.29, 0.717) is 10.0 Å². The van der Waals surface area contributed by atoms with Crippen molar-refractivity contribution in [1.29, 1.82) is 0 Å². The van der Waals surface area contributed by atoms with Crippen molar-refractivity contribution >= 4 is 23.2 Å². The maximum atomic E-state index is 6.19. The average Bonchev–Trinajstić information content (AvgIpc) is 2.44. The highest BCUT2D eigenvalue weighted by Crippen LogP contribution is 2.25. The quantitative estimate of drug-likeness (QED) is 0.808. The first-order chi connectivity index (χ1) is 9.66. The summed E-state index contributed by atoms with van der Waals surface area (Å²) >= 11 is 12.3. The predicted molar refractivity (Wildman–Crippen MR) is 87.5 cm³/mol. The van der Waals surface area contributed by atoms with E-state index in [0.717, 1.165) is 31.2 Å². The Morgan fingerprint density at radius 2 is 1.55 bits per heavy atom. The molecular formula is C17H19Cl2N. The second kappa shape index (κ2) is 7.68. The molecule has 0 aliphatic carbocycles. The molecule has 0 fully saturated rings. The van der Waals surface area contributed by atoms with Crippen LogP contribution < -0.4 is 5.73 Å². The van der Waals surface area contributed by atoms with Gasteiger partial charge >= 0.3 is 0 Å². The summed E-state index contributed by atoms with van der Waals surface area (Å²) in [6.45, 7) is 0. The van der Waals surface area contributed by atoms with Crippen molar-refractivity contribution in [3.8, 4) is 0 Å². The molecule has 0 aromatic heterocycles. The Bertz CT molecular complexity index is 520. The molecule has 0 saturated carbocycles. The summed E-state index contributed by atoms with van der Waals surface area (Å²) in [7, 11) is 0. The standard InChI is InChI=1S/C17H19Cl2N/c18-16-10-5-11-17(19)15(16)12-14(20)9-4-8-13-6-2-1-3-7-13/h1-3,5-7,10-11,14H,4,8-9,12,20H2. The number of nitrogens with two attached hydrogens (primary N) is 1. The zero-order valence-electron chi connectivity index (χ0n) is 11.4. The fourth-order valence-corrected chi connectivity index (χ4v) is 2.86. The van der Waals surface area contributed by atoms with Crippen molar-refractivity contribution < 1.29 is 0 Å². The first-order valence-corrected chi connectivity index (χ1v) is 7.65. The lowest BCUT2D eigenvalue weighted by Crippen LogP contribution is -2.23. The zero-order chi connectivity index (χ0) is 14.4. The number of halogens is 2. The molecule has 2 N–H and O–H groups in total. The maximum absolute atomic E-state index is 6.19. The molecule has 2 aromatic carbocycles. The van der Waals surface area contributed by atoms with E-state index in [9.17, 15) is 0 Å². The topological polar surface area (TPSA) is 26.0 Å². The van der Waals surface area contributed by atoms with Crippen LogP contribution in [0.25, 0.3) is 0 Å². The van der Waals surface area contributed by atoms with Crippen molar-refractivity contribution in [1.82, 2.24) is 0 Å². The summed E-state index contributed by atoms with van der Waals surface area (Å²) in [5.74, 6) is 0. The molecule has 0 aliphatic rings. The fraction of sp³-hybridized carbons (Fsp3) is 0.294. The first-order valence-electron chi connectivity index (χ1n) is 6.89. The van der Waals surface area contributed by atoms with Gasteiger partial charge in [0.15, 0.2) is 0 Å². The molecule has 0 spiro atoms. The van der Waals surface area contributed by atoms with E-state index in [4.69, 9.17) is 28.9 Å². The van der Waals surface area contributed by atoms with Crippen molar-refractivity contribution in [2.45, 2.75) is 31.7 Å². The highest BCUT2D eigenvalue weighted by atomic mass is 35.5. The van der Waals surface area contributed by atoms with Crippen LogP contribution in [0.2, 0.25) is 10.0 Å². The van der Waals surface area contributed by atoms with Crippen molar-refractivity contribution in [3.63, 3.8) is 0 Å². The number of aryl methyl sites for hydroxylation is 1. The van der Waals surface area contributed by atoms with Crippen molar-refractivity contribution in [2.75, 3.05) is 0 Å². The van der Waals surface area contributed by atoms with Crippen LogP contribution in [-0.2, 0) is 12.8 Å². The number of benzene rings is 2. The van der Waals surface area contributed by atoms with Crippen LogP contribution in [0.1, 0.15) is 24.0 Å². The van der Waals surface area contributed by atoms with Gasteiger partial charge in [0.05, 0.1) is 0 Å². The predicted octanol–water partition coefficient (Wildman–Crippen LogP) is 4.89. The number of hydrogen-bond acceptors (Lipinski definition) is 1. The van der Waals surface area contributed by atoms with E-state index in [1.165, 1.54) is 5.56 Å². The Kier molecular flexibility index (Phi) is 5.90. The molecule has 0 bridgehead atoms. The van der Waals surface area contributed by atoms with Crippen LogP contribution in [0.15, 0.2) is 48.5 Å². The molecule has 0 aliphatic heterocycles. The molecular weight excluding hydrogens is 289 g/mol. The van der Waals surface area contributed by atoms with Crippen LogP contribution in [0.5, 0.6) is 0 Å². The van der Waals surface area contributed by atoms with Gasteiger partial charge in [-0.05, 0) is 48.9 Å². The molecule has 0 saturated heterocycles. The molecule has 1 nitrogen and oxygen atoms in total. The third-order valence-electron chi connectivity index (χ3n) is 3.41. The summed E-state index contributed by atoms with van der Waals surface area (Å²) < 4.78 is 0. The molecule has 1 unspecified atom stereocenters. The van der Waals surface area contributed by atoms with Gasteiger partial charge in [-0.1, -0.05) is 59.6 Å². The molecule has 106 valence electrons. The smallest absolute Gasteiger partial charge is 0.0453 e. The van der Waals surface area contributed by atoms with E-state index < -0.39 is 0 Å². The van der Waals surface area contributed by atoms with Crippen LogP contribution >= 0.6 is 23.2 Å². The lowest BCUT2D eigenvalue weighted by Gasteiger charge is -2.14. The van der Waals surface area contributed by atoms with Crippen LogP contribution in [0, 0.1) is 0 Å². The Labute approximate surface area is 130 Å². The number of hydrogen-bond donors (Lipinski definition) is 1. The minimum atomic E-state index is 0.0936. The van der Waals surface area contributed by atoms with Gasteiger partial charge in [-0.15, -0.1) is 0 Å². The van der Waals surface area contributed by atoms with Gasteiger partial charge in [0.1, 0.15) is 0 Å². The van der Waals surface area contributed by atoms with Gasteiger partial charge in [-0.25, -0.2) is 0 Å². The van der Waals surface area contributed by atoms with Gasteiger partial charge < -0.3 is 5.73 Å². The highest BCUT2D eigenvalue weighted by molar-refractivity contribution is 6.35. The van der Waals surface area contributed by atoms with Gasteiger partial charge in [0.2, 0.25) is 0 Å². The van der Waals surface area contributed by atoms with Gasteiger partial charge in [0, 0.05) is 16.1 Å². The van der Waals surface area contributed by atoms with Gasteiger partial charge in [-0.3, -0.25) is 0 Å². The lowest BCUT2D eigenvalue weighted by molar-refractivity contribution is 0.580. The molecule has 2 rings (SSSR count). The SMILES string of the molecule is NC(CCCc1ccccc1)Cc1c(Cl)cccc1Cl. The largest absolute Gasteiger partial charge is 0.327 e. The molecule has 3 heteroatoms. The van der Waals surface area contributed by atoms with E-state index in [-0.39, 0.29) is 6.04 Å². The van der Waals surface area contributed by atoms with Crippen molar-refractivity contribution in [3.05, 3.63) is 69.7 Å². The Hall–Kier alpha value is -1.02. The lowest BCUT2D eigenvalue weighted by atomic mass is 10.00. The average molecular weight is 308 g/mol. The molecule has 0 amide bonds. The Balaban J connectivity index is 1.82. The minimum Gasteiger partial charge on any atom is -0.327 e. The van der Waals surface area contributed by atoms with E-state index >= 15 is 0 Å². The Morgan fingerprint density at radius 3 is 2.20 bits per heavy atom. The molecule has 20 heavy (non-hydrogen) atoms. The number of rotatable bonds is 6. The third-order valence-corrected chi connectivity index (χ3v) is 4.12. The van der Waals surface area contributed by atoms with Gasteiger partial charge in [-0.2, -0.15) is 0 Å².